The zero-order chi connectivity index (χ0) is 27.8. The first-order chi connectivity index (χ1) is 19.4. The maximum absolute atomic E-state index is 13.5. The van der Waals surface area contributed by atoms with Gasteiger partial charge in [0.25, 0.3) is 5.91 Å². The Morgan fingerprint density at radius 3 is 2.40 bits per heavy atom. The molecule has 1 amide bonds. The molecule has 1 aromatic heterocycles. The number of nitrogens with zero attached hydrogens (tertiary/aromatic N) is 3. The molecule has 1 atom stereocenters. The molecular formula is C32H28Cl2N4O2. The first-order valence-electron chi connectivity index (χ1n) is 13.4. The van der Waals surface area contributed by atoms with Gasteiger partial charge in [-0.25, -0.2) is 0 Å². The number of carbonyl (C=O) groups excluding carboxylic acids is 2. The van der Waals surface area contributed by atoms with Crippen LogP contribution in [0.4, 0.5) is 0 Å². The number of piperidine rings is 1. The highest BCUT2D eigenvalue weighted by molar-refractivity contribution is 6.35. The van der Waals surface area contributed by atoms with Crippen molar-refractivity contribution < 1.29 is 9.59 Å². The lowest BCUT2D eigenvalue weighted by Gasteiger charge is -2.33. The average Bonchev–Trinajstić information content (AvgIpc) is 3.24. The molecule has 0 saturated carbocycles. The Balaban J connectivity index is 1.26. The van der Waals surface area contributed by atoms with Gasteiger partial charge in [-0.3, -0.25) is 15.0 Å². The first-order valence-corrected chi connectivity index (χ1v) is 14.1. The van der Waals surface area contributed by atoms with Crippen molar-refractivity contribution >= 4 is 56.7 Å². The number of nitrogens with one attached hydrogen (secondary N) is 1. The van der Waals surface area contributed by atoms with Crippen LogP contribution in [0.5, 0.6) is 0 Å². The smallest absolute Gasteiger partial charge is 0.253 e. The molecule has 0 aliphatic carbocycles. The number of amides is 1. The number of carbonyl (C=O) groups is 2. The Bertz CT molecular complexity index is 1810. The maximum Gasteiger partial charge on any atom is 0.253 e. The predicted molar refractivity (Wildman–Crippen MR) is 159 cm³/mol. The number of imidazole rings is 1. The van der Waals surface area contributed by atoms with Crippen molar-refractivity contribution in [1.29, 1.82) is 5.41 Å². The van der Waals surface area contributed by atoms with Crippen LogP contribution in [0, 0.1) is 11.3 Å². The number of aromatic nitrogens is 2. The van der Waals surface area contributed by atoms with Crippen molar-refractivity contribution in [3.8, 4) is 0 Å². The Kier molecular flexibility index (Phi) is 7.22. The van der Waals surface area contributed by atoms with Crippen LogP contribution in [-0.4, -0.2) is 38.8 Å². The van der Waals surface area contributed by atoms with Crippen LogP contribution >= 0.6 is 23.2 Å². The summed E-state index contributed by atoms with van der Waals surface area (Å²) in [6, 6.07) is 26.2. The third kappa shape index (κ3) is 5.05. The number of likely N-dealkylation sites (tertiary alicyclic amines) is 1. The lowest BCUT2D eigenvalue weighted by Crippen LogP contribution is -2.42. The number of rotatable bonds is 6. The van der Waals surface area contributed by atoms with Crippen LogP contribution in [0.3, 0.4) is 0 Å². The second kappa shape index (κ2) is 11.0. The molecular weight excluding hydrogens is 543 g/mol. The number of hydrogen-bond donors (Lipinski definition) is 1. The third-order valence-corrected chi connectivity index (χ3v) is 8.31. The molecule has 2 heterocycles. The number of ketones is 1. The number of hydrogen-bond acceptors (Lipinski definition) is 3. The molecule has 0 spiro atoms. The molecule has 5 aromatic rings. The number of halogens is 2. The van der Waals surface area contributed by atoms with Crippen molar-refractivity contribution in [2.75, 3.05) is 13.1 Å². The molecule has 1 saturated heterocycles. The minimum atomic E-state index is -0.112. The van der Waals surface area contributed by atoms with Gasteiger partial charge in [-0.15, -0.1) is 0 Å². The van der Waals surface area contributed by atoms with Gasteiger partial charge in [0.15, 0.2) is 5.78 Å². The maximum atomic E-state index is 13.5. The van der Waals surface area contributed by atoms with E-state index < -0.39 is 0 Å². The molecule has 1 unspecified atom stereocenters. The summed E-state index contributed by atoms with van der Waals surface area (Å²) >= 11 is 12.7. The second-order valence-corrected chi connectivity index (χ2v) is 11.2. The molecule has 8 heteroatoms. The zero-order valence-corrected chi connectivity index (χ0v) is 23.3. The third-order valence-electron chi connectivity index (χ3n) is 7.75. The number of fused-ring (bicyclic) bond motifs is 2. The molecule has 1 aliphatic heterocycles. The normalized spacial score (nSPS) is 15.6. The quantitative estimate of drug-likeness (QED) is 0.227. The van der Waals surface area contributed by atoms with Gasteiger partial charge in [0, 0.05) is 35.8 Å². The SMILES string of the molecule is N=c1n(CC(=O)c2ccc(Cl)cc2)c2cccc(Cl)c2n1CC1CCCN(C(=O)c2ccc3ccccc3c2)C1. The van der Waals surface area contributed by atoms with E-state index >= 15 is 0 Å². The standard InChI is InChI=1S/C32H28Cl2N4O2/c33-26-14-12-23(13-15-26)29(39)20-37-28-9-3-8-27(34)30(28)38(32(37)35)19-21-5-4-16-36(18-21)31(40)25-11-10-22-6-1-2-7-24(22)17-25/h1-3,6-15,17,21,35H,4-5,16,18-20H2. The first kappa shape index (κ1) is 26.4. The highest BCUT2D eigenvalue weighted by atomic mass is 35.5. The van der Waals surface area contributed by atoms with E-state index in [0.717, 1.165) is 34.6 Å². The van der Waals surface area contributed by atoms with Crippen LogP contribution in [0.2, 0.25) is 10.0 Å². The molecule has 1 N–H and O–H groups in total. The molecule has 1 aliphatic rings. The molecule has 6 rings (SSSR count). The van der Waals surface area contributed by atoms with Crippen molar-refractivity contribution in [2.24, 2.45) is 5.92 Å². The molecule has 0 radical (unpaired) electrons. The Morgan fingerprint density at radius 2 is 1.60 bits per heavy atom. The monoisotopic (exact) mass is 570 g/mol. The number of Topliss-reactive ketones (excluding diaryl/α,β-unsaturated/α-hetero) is 1. The Morgan fingerprint density at radius 1 is 0.850 bits per heavy atom. The van der Waals surface area contributed by atoms with E-state index in [2.05, 4.69) is 0 Å². The topological polar surface area (TPSA) is 71.1 Å². The van der Waals surface area contributed by atoms with E-state index in [9.17, 15) is 9.59 Å². The Hall–Kier alpha value is -3.87. The molecule has 4 aromatic carbocycles. The molecule has 0 bridgehead atoms. The summed E-state index contributed by atoms with van der Waals surface area (Å²) in [7, 11) is 0. The number of benzene rings is 4. The fourth-order valence-corrected chi connectivity index (χ4v) is 6.12. The summed E-state index contributed by atoms with van der Waals surface area (Å²) in [6.07, 6.45) is 1.83. The van der Waals surface area contributed by atoms with E-state index in [1.54, 1.807) is 28.8 Å². The van der Waals surface area contributed by atoms with Crippen molar-refractivity contribution in [2.45, 2.75) is 25.9 Å². The fraction of sp³-hybridized carbons (Fsp3) is 0.219. The van der Waals surface area contributed by atoms with Gasteiger partial charge in [-0.1, -0.05) is 59.6 Å². The molecule has 1 fully saturated rings. The van der Waals surface area contributed by atoms with E-state index in [4.69, 9.17) is 28.6 Å². The van der Waals surface area contributed by atoms with Gasteiger partial charge in [0.2, 0.25) is 5.62 Å². The van der Waals surface area contributed by atoms with Gasteiger partial charge >= 0.3 is 0 Å². The van der Waals surface area contributed by atoms with Crippen molar-refractivity contribution in [1.82, 2.24) is 14.0 Å². The van der Waals surface area contributed by atoms with Crippen LogP contribution in [0.25, 0.3) is 21.8 Å². The van der Waals surface area contributed by atoms with Crippen LogP contribution < -0.4 is 5.62 Å². The van der Waals surface area contributed by atoms with Gasteiger partial charge in [0.1, 0.15) is 0 Å². The Labute approximate surface area is 241 Å². The summed E-state index contributed by atoms with van der Waals surface area (Å²) < 4.78 is 3.60. The van der Waals surface area contributed by atoms with Gasteiger partial charge < -0.3 is 14.0 Å². The van der Waals surface area contributed by atoms with Crippen molar-refractivity contribution in [3.05, 3.63) is 112 Å². The molecule has 40 heavy (non-hydrogen) atoms. The zero-order valence-electron chi connectivity index (χ0n) is 21.8. The van der Waals surface area contributed by atoms with Gasteiger partial charge in [0.05, 0.1) is 22.6 Å². The minimum Gasteiger partial charge on any atom is -0.338 e. The lowest BCUT2D eigenvalue weighted by atomic mass is 9.96. The molecule has 6 nitrogen and oxygen atoms in total. The lowest BCUT2D eigenvalue weighted by molar-refractivity contribution is 0.0662. The summed E-state index contributed by atoms with van der Waals surface area (Å²) in [5, 5.41) is 12.3. The van der Waals surface area contributed by atoms with E-state index in [-0.39, 0.29) is 29.8 Å². The molecule has 202 valence electrons. The van der Waals surface area contributed by atoms with Gasteiger partial charge in [-0.2, -0.15) is 0 Å². The average molecular weight is 572 g/mol. The fourth-order valence-electron chi connectivity index (χ4n) is 5.72. The highest BCUT2D eigenvalue weighted by Crippen LogP contribution is 2.27. The minimum absolute atomic E-state index is 0.0154. The predicted octanol–water partition coefficient (Wildman–Crippen LogP) is 6.82. The number of para-hydroxylation sites is 1. The summed E-state index contributed by atoms with van der Waals surface area (Å²) in [5.41, 5.74) is 2.90. The van der Waals surface area contributed by atoms with E-state index in [1.807, 2.05) is 70.1 Å². The van der Waals surface area contributed by atoms with E-state index in [0.29, 0.717) is 40.8 Å². The summed E-state index contributed by atoms with van der Waals surface area (Å²) in [5.74, 6) is 0.0640. The van der Waals surface area contributed by atoms with Gasteiger partial charge in [-0.05, 0) is 78.1 Å². The second-order valence-electron chi connectivity index (χ2n) is 10.4. The van der Waals surface area contributed by atoms with Crippen LogP contribution in [0.15, 0.2) is 84.9 Å². The van der Waals surface area contributed by atoms with Crippen LogP contribution in [-0.2, 0) is 13.1 Å². The van der Waals surface area contributed by atoms with E-state index in [1.165, 1.54) is 0 Å². The van der Waals surface area contributed by atoms with Crippen LogP contribution in [0.1, 0.15) is 33.6 Å². The highest BCUT2D eigenvalue weighted by Gasteiger charge is 2.27. The van der Waals surface area contributed by atoms with Crippen molar-refractivity contribution in [3.63, 3.8) is 0 Å². The largest absolute Gasteiger partial charge is 0.338 e. The summed E-state index contributed by atoms with van der Waals surface area (Å²) in [4.78, 5) is 28.5. The summed E-state index contributed by atoms with van der Waals surface area (Å²) in [6.45, 7) is 1.85.